The molecule has 2 nitrogen and oxygen atoms in total. The molecule has 0 bridgehead atoms. The number of hydrogen-bond donors (Lipinski definition) is 1. The Kier molecular flexibility index (Phi) is 6.03. The van der Waals surface area contributed by atoms with Crippen molar-refractivity contribution in [2.45, 2.75) is 30.7 Å². The summed E-state index contributed by atoms with van der Waals surface area (Å²) in [7, 11) is 0.886. The van der Waals surface area contributed by atoms with Gasteiger partial charge in [-0.25, -0.2) is 0 Å². The third kappa shape index (κ3) is 3.89. The van der Waals surface area contributed by atoms with Gasteiger partial charge in [0.1, 0.15) is 0 Å². The smallest absolute Gasteiger partial charge is 0.0574 e. The first-order valence-electron chi connectivity index (χ1n) is 5.49. The molecule has 90 valence electrons. The van der Waals surface area contributed by atoms with E-state index in [0.717, 1.165) is 17.7 Å². The second-order valence-corrected chi connectivity index (χ2v) is 5.59. The quantitative estimate of drug-likeness (QED) is 0.851. The van der Waals surface area contributed by atoms with Crippen LogP contribution in [-0.2, 0) is 10.8 Å². The van der Waals surface area contributed by atoms with Crippen LogP contribution in [-0.4, -0.2) is 23.1 Å². The first-order valence-corrected chi connectivity index (χ1v) is 7.18. The predicted octanol–water partition coefficient (Wildman–Crippen LogP) is 2.84. The van der Waals surface area contributed by atoms with E-state index in [1.165, 1.54) is 0 Å². The molecule has 0 spiro atoms. The number of hydrogen-bond acceptors (Lipinski definition) is 2. The molecule has 0 radical (unpaired) electrons. The van der Waals surface area contributed by atoms with Gasteiger partial charge in [-0.1, -0.05) is 37.1 Å². The van der Waals surface area contributed by atoms with Crippen molar-refractivity contribution in [2.24, 2.45) is 0 Å². The molecule has 1 N–H and O–H groups in total. The lowest BCUT2D eigenvalue weighted by atomic mass is 10.2. The van der Waals surface area contributed by atoms with E-state index in [1.54, 1.807) is 6.07 Å². The maximum atomic E-state index is 12.1. The van der Waals surface area contributed by atoms with E-state index in [-0.39, 0.29) is 0 Å². The van der Waals surface area contributed by atoms with Gasteiger partial charge in [-0.05, 0) is 25.6 Å². The predicted molar refractivity (Wildman–Crippen MR) is 70.5 cm³/mol. The van der Waals surface area contributed by atoms with Gasteiger partial charge in [-0.2, -0.15) is 0 Å². The highest BCUT2D eigenvalue weighted by atomic mass is 35.5. The van der Waals surface area contributed by atoms with Gasteiger partial charge in [0.25, 0.3) is 0 Å². The minimum absolute atomic E-state index is 0.294. The van der Waals surface area contributed by atoms with Crippen LogP contribution in [0, 0.1) is 0 Å². The molecule has 1 rings (SSSR count). The number of rotatable bonds is 6. The Balaban J connectivity index is 2.68. The van der Waals surface area contributed by atoms with Crippen LogP contribution in [0.3, 0.4) is 0 Å². The topological polar surface area (TPSA) is 29.1 Å². The summed E-state index contributed by atoms with van der Waals surface area (Å²) in [6.45, 7) is 2.13. The molecular formula is C12H18ClNOS. The molecule has 0 aliphatic rings. The molecule has 0 amide bonds. The van der Waals surface area contributed by atoms with E-state index in [0.29, 0.717) is 16.8 Å². The summed E-state index contributed by atoms with van der Waals surface area (Å²) in [5.74, 6) is 0.619. The first-order chi connectivity index (χ1) is 7.69. The van der Waals surface area contributed by atoms with E-state index in [1.807, 2.05) is 25.2 Å². The van der Waals surface area contributed by atoms with E-state index >= 15 is 0 Å². The fourth-order valence-electron chi connectivity index (χ4n) is 1.56. The SMILES string of the molecule is CCCC(CS(=O)c1ccccc1Cl)NC. The summed E-state index contributed by atoms with van der Waals surface area (Å²) in [6.07, 6.45) is 2.12. The summed E-state index contributed by atoms with van der Waals surface area (Å²) in [6, 6.07) is 7.63. The highest BCUT2D eigenvalue weighted by Gasteiger charge is 2.13. The monoisotopic (exact) mass is 259 g/mol. The van der Waals surface area contributed by atoms with Gasteiger partial charge >= 0.3 is 0 Å². The number of nitrogens with one attached hydrogen (secondary N) is 1. The fourth-order valence-corrected chi connectivity index (χ4v) is 3.35. The third-order valence-corrected chi connectivity index (χ3v) is 4.47. The van der Waals surface area contributed by atoms with Crippen LogP contribution in [0.5, 0.6) is 0 Å². The Labute approximate surface area is 105 Å². The van der Waals surface area contributed by atoms with Crippen LogP contribution >= 0.6 is 11.6 Å². The number of halogens is 1. The van der Waals surface area contributed by atoms with Crippen LogP contribution < -0.4 is 5.32 Å². The maximum absolute atomic E-state index is 12.1. The summed E-state index contributed by atoms with van der Waals surface area (Å²) >= 11 is 6.01. The Hall–Kier alpha value is -0.380. The molecule has 0 aliphatic carbocycles. The molecule has 1 aromatic carbocycles. The standard InChI is InChI=1S/C12H18ClNOS/c1-3-6-10(14-2)9-16(15)12-8-5-4-7-11(12)13/h4-5,7-8,10,14H,3,6,9H2,1-2H3. The van der Waals surface area contributed by atoms with Gasteiger partial charge in [0.2, 0.25) is 0 Å². The van der Waals surface area contributed by atoms with Gasteiger partial charge in [-0.15, -0.1) is 0 Å². The molecule has 1 aromatic rings. The Bertz CT molecular complexity index is 357. The highest BCUT2D eigenvalue weighted by Crippen LogP contribution is 2.19. The van der Waals surface area contributed by atoms with Gasteiger partial charge in [0, 0.05) is 11.8 Å². The number of benzene rings is 1. The lowest BCUT2D eigenvalue weighted by Gasteiger charge is -2.14. The zero-order valence-corrected chi connectivity index (χ0v) is 11.3. The average molecular weight is 260 g/mol. The molecule has 0 aromatic heterocycles. The van der Waals surface area contributed by atoms with Crippen molar-refractivity contribution >= 4 is 22.4 Å². The lowest BCUT2D eigenvalue weighted by Crippen LogP contribution is -2.30. The maximum Gasteiger partial charge on any atom is 0.0574 e. The van der Waals surface area contributed by atoms with Crippen LogP contribution in [0.25, 0.3) is 0 Å². The van der Waals surface area contributed by atoms with E-state index in [2.05, 4.69) is 12.2 Å². The van der Waals surface area contributed by atoms with E-state index in [4.69, 9.17) is 11.6 Å². The van der Waals surface area contributed by atoms with Crippen molar-refractivity contribution in [3.63, 3.8) is 0 Å². The molecule has 16 heavy (non-hydrogen) atoms. The van der Waals surface area contributed by atoms with E-state index in [9.17, 15) is 4.21 Å². The molecule has 0 saturated carbocycles. The van der Waals surface area contributed by atoms with Crippen molar-refractivity contribution in [1.29, 1.82) is 0 Å². The molecule has 0 saturated heterocycles. The highest BCUT2D eigenvalue weighted by molar-refractivity contribution is 7.85. The second-order valence-electron chi connectivity index (χ2n) is 3.72. The average Bonchev–Trinajstić information content (AvgIpc) is 2.28. The van der Waals surface area contributed by atoms with Gasteiger partial charge < -0.3 is 5.32 Å². The normalized spacial score (nSPS) is 14.7. The second kappa shape index (κ2) is 7.05. The summed E-state index contributed by atoms with van der Waals surface area (Å²) in [5.41, 5.74) is 0. The summed E-state index contributed by atoms with van der Waals surface area (Å²) in [5, 5.41) is 3.78. The summed E-state index contributed by atoms with van der Waals surface area (Å²) in [4.78, 5) is 0.737. The van der Waals surface area contributed by atoms with Gasteiger partial charge in [0.05, 0.1) is 20.7 Å². The van der Waals surface area contributed by atoms with Gasteiger partial charge in [-0.3, -0.25) is 4.21 Å². The Morgan fingerprint density at radius 1 is 1.44 bits per heavy atom. The van der Waals surface area contributed by atoms with E-state index < -0.39 is 10.8 Å². The van der Waals surface area contributed by atoms with Crippen molar-refractivity contribution in [2.75, 3.05) is 12.8 Å². The first kappa shape index (κ1) is 13.7. The van der Waals surface area contributed by atoms with Crippen molar-refractivity contribution in [1.82, 2.24) is 5.32 Å². The minimum atomic E-state index is -1.02. The molecule has 2 atom stereocenters. The van der Waals surface area contributed by atoms with Crippen molar-refractivity contribution in [3.8, 4) is 0 Å². The molecule has 4 heteroatoms. The zero-order chi connectivity index (χ0) is 12.0. The van der Waals surface area contributed by atoms with Crippen LogP contribution in [0.1, 0.15) is 19.8 Å². The molecular weight excluding hydrogens is 242 g/mol. The minimum Gasteiger partial charge on any atom is -0.316 e. The van der Waals surface area contributed by atoms with Crippen molar-refractivity contribution in [3.05, 3.63) is 29.3 Å². The molecule has 2 unspecified atom stereocenters. The van der Waals surface area contributed by atoms with Gasteiger partial charge in [0.15, 0.2) is 0 Å². The Morgan fingerprint density at radius 2 is 2.12 bits per heavy atom. The summed E-state index contributed by atoms with van der Waals surface area (Å²) < 4.78 is 12.1. The van der Waals surface area contributed by atoms with Crippen LogP contribution in [0.4, 0.5) is 0 Å². The van der Waals surface area contributed by atoms with Crippen LogP contribution in [0.15, 0.2) is 29.2 Å². The fraction of sp³-hybridized carbons (Fsp3) is 0.500. The molecule has 0 aliphatic heterocycles. The third-order valence-electron chi connectivity index (χ3n) is 2.48. The zero-order valence-electron chi connectivity index (χ0n) is 9.70. The molecule has 0 heterocycles. The molecule has 0 fully saturated rings. The van der Waals surface area contributed by atoms with Crippen LogP contribution in [0.2, 0.25) is 5.02 Å². The van der Waals surface area contributed by atoms with Crippen molar-refractivity contribution < 1.29 is 4.21 Å². The Morgan fingerprint density at radius 3 is 2.69 bits per heavy atom. The lowest BCUT2D eigenvalue weighted by molar-refractivity contribution is 0.557. The largest absolute Gasteiger partial charge is 0.316 e.